The van der Waals surface area contributed by atoms with E-state index in [-0.39, 0.29) is 0 Å². The van der Waals surface area contributed by atoms with Crippen LogP contribution >= 0.6 is 0 Å². The fraction of sp³-hybridized carbons (Fsp3) is 0.571. The minimum Gasteiger partial charge on any atom is -0.392 e. The van der Waals surface area contributed by atoms with E-state index in [0.29, 0.717) is 18.5 Å². The molecule has 1 aliphatic carbocycles. The zero-order valence-corrected chi connectivity index (χ0v) is 12.2. The van der Waals surface area contributed by atoms with Crippen molar-refractivity contribution < 1.29 is 13.5 Å². The van der Waals surface area contributed by atoms with Gasteiger partial charge in [-0.05, 0) is 49.9 Å². The Bertz CT molecular complexity index is 554. The summed E-state index contributed by atoms with van der Waals surface area (Å²) < 4.78 is 27.2. The van der Waals surface area contributed by atoms with Crippen LogP contribution in [-0.4, -0.2) is 24.9 Å². The summed E-state index contributed by atoms with van der Waals surface area (Å²) in [5.41, 5.74) is 2.74. The van der Waals surface area contributed by atoms with Gasteiger partial charge in [0.1, 0.15) is 5.25 Å². The van der Waals surface area contributed by atoms with Crippen LogP contribution in [0.5, 0.6) is 0 Å². The molecule has 1 aliphatic rings. The molecule has 106 valence electrons. The monoisotopic (exact) mass is 283 g/mol. The molecule has 2 N–H and O–H groups in total. The van der Waals surface area contributed by atoms with Gasteiger partial charge in [-0.15, -0.1) is 0 Å². The Labute approximate surface area is 114 Å². The number of aryl methyl sites for hydroxylation is 2. The van der Waals surface area contributed by atoms with Crippen molar-refractivity contribution in [3.05, 3.63) is 29.3 Å². The van der Waals surface area contributed by atoms with E-state index in [9.17, 15) is 13.5 Å². The zero-order valence-electron chi connectivity index (χ0n) is 11.4. The molecule has 1 aromatic rings. The van der Waals surface area contributed by atoms with Gasteiger partial charge in [0, 0.05) is 5.69 Å². The minimum atomic E-state index is -3.52. The third-order valence-electron chi connectivity index (χ3n) is 3.83. The van der Waals surface area contributed by atoms with E-state index in [1.807, 2.05) is 26.0 Å². The molecule has 2 atom stereocenters. The number of hydrogen-bond donors (Lipinski definition) is 2. The number of anilines is 1. The molecule has 19 heavy (non-hydrogen) atoms. The van der Waals surface area contributed by atoms with Crippen LogP contribution in [0.15, 0.2) is 18.2 Å². The van der Waals surface area contributed by atoms with Gasteiger partial charge >= 0.3 is 0 Å². The van der Waals surface area contributed by atoms with Gasteiger partial charge in [0.2, 0.25) is 10.0 Å². The fourth-order valence-electron chi connectivity index (χ4n) is 2.48. The van der Waals surface area contributed by atoms with E-state index in [4.69, 9.17) is 0 Å². The van der Waals surface area contributed by atoms with Gasteiger partial charge in [-0.3, -0.25) is 4.72 Å². The first-order chi connectivity index (χ1) is 8.90. The van der Waals surface area contributed by atoms with Crippen LogP contribution in [0.1, 0.15) is 36.8 Å². The quantitative estimate of drug-likeness (QED) is 0.895. The summed E-state index contributed by atoms with van der Waals surface area (Å²) >= 11 is 0. The van der Waals surface area contributed by atoms with Gasteiger partial charge in [-0.25, -0.2) is 8.42 Å². The Kier molecular flexibility index (Phi) is 4.16. The van der Waals surface area contributed by atoms with Crippen molar-refractivity contribution >= 4 is 15.7 Å². The highest BCUT2D eigenvalue weighted by atomic mass is 32.2. The van der Waals surface area contributed by atoms with E-state index in [0.717, 1.165) is 24.0 Å². The van der Waals surface area contributed by atoms with E-state index >= 15 is 0 Å². The van der Waals surface area contributed by atoms with E-state index in [2.05, 4.69) is 4.72 Å². The van der Waals surface area contributed by atoms with Crippen LogP contribution < -0.4 is 4.72 Å². The molecule has 0 saturated heterocycles. The highest BCUT2D eigenvalue weighted by Gasteiger charge is 2.34. The average Bonchev–Trinajstić information content (AvgIpc) is 2.34. The second-order valence-electron chi connectivity index (χ2n) is 5.34. The van der Waals surface area contributed by atoms with Crippen LogP contribution in [-0.2, 0) is 10.0 Å². The second kappa shape index (κ2) is 5.51. The largest absolute Gasteiger partial charge is 0.392 e. The van der Waals surface area contributed by atoms with Crippen LogP contribution in [0.4, 0.5) is 5.69 Å². The van der Waals surface area contributed by atoms with Crippen molar-refractivity contribution in [2.45, 2.75) is 50.9 Å². The summed E-state index contributed by atoms with van der Waals surface area (Å²) in [6, 6.07) is 5.47. The summed E-state index contributed by atoms with van der Waals surface area (Å²) in [4.78, 5) is 0. The molecule has 5 heteroatoms. The lowest BCUT2D eigenvalue weighted by atomic mass is 9.97. The Morgan fingerprint density at radius 3 is 2.47 bits per heavy atom. The second-order valence-corrected chi connectivity index (χ2v) is 7.24. The number of sulfonamides is 1. The van der Waals surface area contributed by atoms with Crippen molar-refractivity contribution in [1.82, 2.24) is 0 Å². The minimum absolute atomic E-state index is 0.529. The van der Waals surface area contributed by atoms with Crippen LogP contribution in [0.3, 0.4) is 0 Å². The molecule has 0 bridgehead atoms. The average molecular weight is 283 g/mol. The number of benzene rings is 1. The first-order valence-electron chi connectivity index (χ1n) is 6.67. The predicted octanol–water partition coefficient (Wildman–Crippen LogP) is 2.35. The maximum Gasteiger partial charge on any atom is 0.238 e. The predicted molar refractivity (Wildman–Crippen MR) is 76.7 cm³/mol. The lowest BCUT2D eigenvalue weighted by Gasteiger charge is -2.27. The zero-order chi connectivity index (χ0) is 14.0. The summed E-state index contributed by atoms with van der Waals surface area (Å²) in [6.07, 6.45) is 2.10. The highest BCUT2D eigenvalue weighted by molar-refractivity contribution is 7.93. The molecule has 0 amide bonds. The SMILES string of the molecule is Cc1ccc(NS(=O)(=O)C2CCCCC2O)cc1C. The van der Waals surface area contributed by atoms with Crippen molar-refractivity contribution in [1.29, 1.82) is 0 Å². The smallest absolute Gasteiger partial charge is 0.238 e. The van der Waals surface area contributed by atoms with Crippen LogP contribution in [0.25, 0.3) is 0 Å². The molecular formula is C14H21NO3S. The lowest BCUT2D eigenvalue weighted by Crippen LogP contribution is -2.40. The standard InChI is InChI=1S/C14H21NO3S/c1-10-7-8-12(9-11(10)2)15-19(17,18)14-6-4-3-5-13(14)16/h7-9,13-16H,3-6H2,1-2H3. The Morgan fingerprint density at radius 1 is 1.16 bits per heavy atom. The molecular weight excluding hydrogens is 262 g/mol. The van der Waals surface area contributed by atoms with E-state index < -0.39 is 21.4 Å². The highest BCUT2D eigenvalue weighted by Crippen LogP contribution is 2.26. The van der Waals surface area contributed by atoms with Gasteiger partial charge in [0.25, 0.3) is 0 Å². The molecule has 2 rings (SSSR count). The van der Waals surface area contributed by atoms with Gasteiger partial charge in [0.05, 0.1) is 6.10 Å². The van der Waals surface area contributed by atoms with Gasteiger partial charge in [0.15, 0.2) is 0 Å². The molecule has 1 aromatic carbocycles. The Hall–Kier alpha value is -1.07. The number of rotatable bonds is 3. The summed E-state index contributed by atoms with van der Waals surface area (Å²) in [6.45, 7) is 3.93. The fourth-order valence-corrected chi connectivity index (χ4v) is 4.12. The number of hydrogen-bond acceptors (Lipinski definition) is 3. The maximum atomic E-state index is 12.3. The number of aliphatic hydroxyl groups is 1. The third kappa shape index (κ3) is 3.28. The molecule has 0 aromatic heterocycles. The molecule has 1 fully saturated rings. The topological polar surface area (TPSA) is 66.4 Å². The molecule has 4 nitrogen and oxygen atoms in total. The first kappa shape index (κ1) is 14.3. The van der Waals surface area contributed by atoms with Crippen molar-refractivity contribution in [2.75, 3.05) is 4.72 Å². The van der Waals surface area contributed by atoms with Gasteiger partial charge < -0.3 is 5.11 Å². The molecule has 2 unspecified atom stereocenters. The molecule has 0 spiro atoms. The molecule has 0 radical (unpaired) electrons. The Morgan fingerprint density at radius 2 is 1.84 bits per heavy atom. The lowest BCUT2D eigenvalue weighted by molar-refractivity contribution is 0.133. The summed E-state index contributed by atoms with van der Waals surface area (Å²) in [5, 5.41) is 9.17. The molecule has 0 aliphatic heterocycles. The van der Waals surface area contributed by atoms with Crippen LogP contribution in [0, 0.1) is 13.8 Å². The molecule has 0 heterocycles. The number of nitrogens with one attached hydrogen (secondary N) is 1. The van der Waals surface area contributed by atoms with Gasteiger partial charge in [-0.2, -0.15) is 0 Å². The molecule has 1 saturated carbocycles. The van der Waals surface area contributed by atoms with E-state index in [1.165, 1.54) is 0 Å². The number of aliphatic hydroxyl groups excluding tert-OH is 1. The first-order valence-corrected chi connectivity index (χ1v) is 8.22. The third-order valence-corrected chi connectivity index (χ3v) is 5.70. The van der Waals surface area contributed by atoms with E-state index in [1.54, 1.807) is 6.07 Å². The summed E-state index contributed by atoms with van der Waals surface area (Å²) in [7, 11) is -3.52. The maximum absolute atomic E-state index is 12.3. The van der Waals surface area contributed by atoms with Gasteiger partial charge in [-0.1, -0.05) is 18.9 Å². The summed E-state index contributed by atoms with van der Waals surface area (Å²) in [5.74, 6) is 0. The van der Waals surface area contributed by atoms with Crippen molar-refractivity contribution in [3.8, 4) is 0 Å². The van der Waals surface area contributed by atoms with Crippen LogP contribution in [0.2, 0.25) is 0 Å². The van der Waals surface area contributed by atoms with Crippen molar-refractivity contribution in [2.24, 2.45) is 0 Å². The Balaban J connectivity index is 2.18. The van der Waals surface area contributed by atoms with Crippen molar-refractivity contribution in [3.63, 3.8) is 0 Å². The normalized spacial score (nSPS) is 24.2.